The normalized spacial score (nSPS) is 11.9. The van der Waals surface area contributed by atoms with E-state index in [4.69, 9.17) is 10.8 Å². The summed E-state index contributed by atoms with van der Waals surface area (Å²) in [5.41, 5.74) is 6.30. The molecule has 0 aromatic carbocycles. The second-order valence-electron chi connectivity index (χ2n) is 4.30. The second kappa shape index (κ2) is 6.00. The minimum atomic E-state index is -0.850. The van der Waals surface area contributed by atoms with Gasteiger partial charge in [-0.1, -0.05) is 6.92 Å². The zero-order valence-corrected chi connectivity index (χ0v) is 10.4. The highest BCUT2D eigenvalue weighted by atomic mass is 16.4. The number of aliphatic carboxylic acids is 1. The van der Waals surface area contributed by atoms with E-state index in [-0.39, 0.29) is 12.3 Å². The summed E-state index contributed by atoms with van der Waals surface area (Å²) in [7, 11) is 0. The number of carboxylic acids is 1. The van der Waals surface area contributed by atoms with E-state index >= 15 is 0 Å². The summed E-state index contributed by atoms with van der Waals surface area (Å²) in [6.45, 7) is 4.03. The Morgan fingerprint density at radius 2 is 2.17 bits per heavy atom. The third-order valence-electron chi connectivity index (χ3n) is 2.44. The Labute approximate surface area is 105 Å². The van der Waals surface area contributed by atoms with Crippen LogP contribution in [0.15, 0.2) is 12.1 Å². The number of hydrogen-bond acceptors (Lipinski definition) is 4. The molecule has 98 valence electrons. The maximum Gasteiger partial charge on any atom is 0.303 e. The van der Waals surface area contributed by atoms with Crippen molar-refractivity contribution in [1.29, 1.82) is 0 Å². The number of carboxylic acid groups (broad SMARTS) is 1. The second-order valence-corrected chi connectivity index (χ2v) is 4.30. The van der Waals surface area contributed by atoms with Crippen LogP contribution in [0.2, 0.25) is 0 Å². The van der Waals surface area contributed by atoms with Gasteiger partial charge in [0.25, 0.3) is 5.91 Å². The van der Waals surface area contributed by atoms with Crippen molar-refractivity contribution in [2.75, 3.05) is 11.9 Å². The van der Waals surface area contributed by atoms with Crippen LogP contribution in [-0.2, 0) is 4.79 Å². The van der Waals surface area contributed by atoms with Crippen molar-refractivity contribution >= 4 is 17.7 Å². The number of amides is 1. The SMILES string of the molecule is Cc1ccc(C(N)=O)c(NCC(C)CC(=O)O)n1. The number of nitrogens with two attached hydrogens (primary N) is 1. The van der Waals surface area contributed by atoms with E-state index < -0.39 is 11.9 Å². The van der Waals surface area contributed by atoms with Crippen LogP contribution in [0, 0.1) is 12.8 Å². The minimum absolute atomic E-state index is 0.0602. The molecule has 1 heterocycles. The topological polar surface area (TPSA) is 105 Å². The lowest BCUT2D eigenvalue weighted by Gasteiger charge is -2.13. The molecule has 1 atom stereocenters. The molecule has 0 aliphatic rings. The Morgan fingerprint density at radius 3 is 2.72 bits per heavy atom. The quantitative estimate of drug-likeness (QED) is 0.699. The number of carbonyl (C=O) groups excluding carboxylic acids is 1. The minimum Gasteiger partial charge on any atom is -0.481 e. The van der Waals surface area contributed by atoms with Gasteiger partial charge in [0, 0.05) is 18.7 Å². The highest BCUT2D eigenvalue weighted by Gasteiger charge is 2.12. The van der Waals surface area contributed by atoms with Crippen LogP contribution in [0.4, 0.5) is 5.82 Å². The number of hydrogen-bond donors (Lipinski definition) is 3. The molecule has 4 N–H and O–H groups in total. The summed E-state index contributed by atoms with van der Waals surface area (Å²) < 4.78 is 0. The third-order valence-corrected chi connectivity index (χ3v) is 2.44. The summed E-state index contributed by atoms with van der Waals surface area (Å²) in [6, 6.07) is 3.31. The first-order valence-corrected chi connectivity index (χ1v) is 5.63. The molecule has 18 heavy (non-hydrogen) atoms. The Kier molecular flexibility index (Phi) is 4.65. The Balaban J connectivity index is 2.74. The lowest BCUT2D eigenvalue weighted by Crippen LogP contribution is -2.20. The molecule has 6 heteroatoms. The van der Waals surface area contributed by atoms with Crippen molar-refractivity contribution in [3.8, 4) is 0 Å². The zero-order chi connectivity index (χ0) is 13.7. The predicted molar refractivity (Wildman–Crippen MR) is 67.4 cm³/mol. The van der Waals surface area contributed by atoms with E-state index in [1.807, 2.05) is 0 Å². The first-order chi connectivity index (χ1) is 8.40. The standard InChI is InChI=1S/C12H17N3O3/c1-7(5-10(16)17)6-14-12-9(11(13)18)4-3-8(2)15-12/h3-4,7H,5-6H2,1-2H3,(H2,13,18)(H,14,15)(H,16,17). The van der Waals surface area contributed by atoms with E-state index in [0.717, 1.165) is 5.69 Å². The number of nitrogens with zero attached hydrogens (tertiary/aromatic N) is 1. The monoisotopic (exact) mass is 251 g/mol. The van der Waals surface area contributed by atoms with Crippen molar-refractivity contribution in [2.45, 2.75) is 20.3 Å². The number of aryl methyl sites for hydroxylation is 1. The molecule has 1 aromatic heterocycles. The van der Waals surface area contributed by atoms with Crippen molar-refractivity contribution in [3.05, 3.63) is 23.4 Å². The maximum atomic E-state index is 11.2. The molecule has 0 bridgehead atoms. The van der Waals surface area contributed by atoms with Gasteiger partial charge in [0.05, 0.1) is 5.56 Å². The molecule has 0 spiro atoms. The van der Waals surface area contributed by atoms with Gasteiger partial charge in [-0.2, -0.15) is 0 Å². The summed E-state index contributed by atoms with van der Waals surface area (Å²) >= 11 is 0. The van der Waals surface area contributed by atoms with E-state index in [0.29, 0.717) is 17.9 Å². The number of rotatable bonds is 6. The molecule has 0 fully saturated rings. The van der Waals surface area contributed by atoms with Crippen LogP contribution >= 0.6 is 0 Å². The zero-order valence-electron chi connectivity index (χ0n) is 10.4. The number of pyridine rings is 1. The molecule has 6 nitrogen and oxygen atoms in total. The molecule has 0 radical (unpaired) electrons. The highest BCUT2D eigenvalue weighted by molar-refractivity contribution is 5.97. The van der Waals surface area contributed by atoms with Crippen LogP contribution in [0.1, 0.15) is 29.4 Å². The van der Waals surface area contributed by atoms with Crippen molar-refractivity contribution in [1.82, 2.24) is 4.98 Å². The predicted octanol–water partition coefficient (Wildman–Crippen LogP) is 1.01. The molecule has 1 unspecified atom stereocenters. The maximum absolute atomic E-state index is 11.2. The largest absolute Gasteiger partial charge is 0.481 e. The van der Waals surface area contributed by atoms with Crippen molar-refractivity contribution in [2.24, 2.45) is 11.7 Å². The average molecular weight is 251 g/mol. The molecule has 1 rings (SSSR count). The van der Waals surface area contributed by atoms with Crippen LogP contribution in [0.5, 0.6) is 0 Å². The molecule has 0 aliphatic heterocycles. The Bertz CT molecular complexity index is 460. The Hall–Kier alpha value is -2.11. The Morgan fingerprint density at radius 1 is 1.50 bits per heavy atom. The number of primary amides is 1. The first-order valence-electron chi connectivity index (χ1n) is 5.63. The summed E-state index contributed by atoms with van der Waals surface area (Å²) in [4.78, 5) is 25.9. The van der Waals surface area contributed by atoms with Crippen LogP contribution in [0.3, 0.4) is 0 Å². The van der Waals surface area contributed by atoms with Crippen LogP contribution in [-0.4, -0.2) is 28.5 Å². The van der Waals surface area contributed by atoms with Gasteiger partial charge in [-0.05, 0) is 25.0 Å². The number of anilines is 1. The number of aromatic nitrogens is 1. The highest BCUT2D eigenvalue weighted by Crippen LogP contribution is 2.14. The summed E-state index contributed by atoms with van der Waals surface area (Å²) in [5, 5.41) is 11.6. The fourth-order valence-electron chi connectivity index (χ4n) is 1.53. The third kappa shape index (κ3) is 4.04. The van der Waals surface area contributed by atoms with E-state index in [1.54, 1.807) is 26.0 Å². The van der Waals surface area contributed by atoms with Gasteiger partial charge < -0.3 is 16.2 Å². The molecule has 1 aromatic rings. The number of carbonyl (C=O) groups is 2. The lowest BCUT2D eigenvalue weighted by atomic mass is 10.1. The van der Waals surface area contributed by atoms with Gasteiger partial charge >= 0.3 is 5.97 Å². The summed E-state index contributed by atoms with van der Waals surface area (Å²) in [6.07, 6.45) is 0.0602. The van der Waals surface area contributed by atoms with E-state index in [9.17, 15) is 9.59 Å². The van der Waals surface area contributed by atoms with Crippen LogP contribution in [0.25, 0.3) is 0 Å². The molecule has 0 aliphatic carbocycles. The fourth-order valence-corrected chi connectivity index (χ4v) is 1.53. The molecule has 0 saturated heterocycles. The van der Waals surface area contributed by atoms with Crippen molar-refractivity contribution < 1.29 is 14.7 Å². The van der Waals surface area contributed by atoms with Gasteiger partial charge in [0.2, 0.25) is 0 Å². The molecule has 0 saturated carbocycles. The van der Waals surface area contributed by atoms with Gasteiger partial charge in [0.15, 0.2) is 0 Å². The van der Waals surface area contributed by atoms with Crippen LogP contribution < -0.4 is 11.1 Å². The molecule has 1 amide bonds. The van der Waals surface area contributed by atoms with Gasteiger partial charge in [-0.25, -0.2) is 4.98 Å². The van der Waals surface area contributed by atoms with E-state index in [1.165, 1.54) is 0 Å². The average Bonchev–Trinajstić information content (AvgIpc) is 2.25. The lowest BCUT2D eigenvalue weighted by molar-refractivity contribution is -0.137. The molecular weight excluding hydrogens is 234 g/mol. The van der Waals surface area contributed by atoms with Gasteiger partial charge in [0.1, 0.15) is 5.82 Å². The summed E-state index contributed by atoms with van der Waals surface area (Å²) in [5.74, 6) is -1.07. The van der Waals surface area contributed by atoms with Crippen molar-refractivity contribution in [3.63, 3.8) is 0 Å². The first kappa shape index (κ1) is 14.0. The van der Waals surface area contributed by atoms with Gasteiger partial charge in [-0.15, -0.1) is 0 Å². The van der Waals surface area contributed by atoms with Gasteiger partial charge in [-0.3, -0.25) is 9.59 Å². The smallest absolute Gasteiger partial charge is 0.303 e. The number of nitrogens with one attached hydrogen (secondary N) is 1. The molecular formula is C12H17N3O3. The van der Waals surface area contributed by atoms with E-state index in [2.05, 4.69) is 10.3 Å². The fraction of sp³-hybridized carbons (Fsp3) is 0.417.